The van der Waals surface area contributed by atoms with E-state index >= 15 is 0 Å². The molecule has 0 saturated heterocycles. The topological polar surface area (TPSA) is 37.3 Å². The molecule has 1 atom stereocenters. The molecule has 0 radical (unpaired) electrons. The van der Waals surface area contributed by atoms with Crippen molar-refractivity contribution in [3.63, 3.8) is 0 Å². The number of amides is 1. The molecule has 0 fully saturated rings. The summed E-state index contributed by atoms with van der Waals surface area (Å²) in [6, 6.07) is 19.0. The number of halogens is 3. The maximum absolute atomic E-state index is 12.9. The minimum absolute atomic E-state index is 0.0470. The Kier molecular flexibility index (Phi) is 5.63. The Labute approximate surface area is 172 Å². The van der Waals surface area contributed by atoms with E-state index < -0.39 is 11.7 Å². The summed E-state index contributed by atoms with van der Waals surface area (Å²) in [5.41, 5.74) is 1.93. The van der Waals surface area contributed by atoms with Crippen LogP contribution in [0.3, 0.4) is 0 Å². The van der Waals surface area contributed by atoms with Crippen molar-refractivity contribution in [1.29, 1.82) is 0 Å². The van der Waals surface area contributed by atoms with Crippen molar-refractivity contribution in [3.05, 3.63) is 95.3 Å². The second-order valence-corrected chi connectivity index (χ2v) is 7.39. The first-order valence-corrected chi connectivity index (χ1v) is 9.79. The van der Waals surface area contributed by atoms with E-state index in [1.807, 2.05) is 42.6 Å². The van der Waals surface area contributed by atoms with Gasteiger partial charge in [-0.05, 0) is 35.4 Å². The van der Waals surface area contributed by atoms with Crippen LogP contribution >= 0.6 is 0 Å². The lowest BCUT2D eigenvalue weighted by Gasteiger charge is -2.36. The molecule has 0 bridgehead atoms. The summed E-state index contributed by atoms with van der Waals surface area (Å²) in [7, 11) is 0. The summed E-state index contributed by atoms with van der Waals surface area (Å²) in [5.74, 6) is -0.214. The van der Waals surface area contributed by atoms with Crippen LogP contribution in [0.25, 0.3) is 0 Å². The SMILES string of the molecule is O=C(CN1CCn2cccc2C1c1ccccc1)NCc1cccc(C(F)(F)F)c1. The van der Waals surface area contributed by atoms with Crippen LogP contribution in [0.2, 0.25) is 0 Å². The van der Waals surface area contributed by atoms with Gasteiger partial charge in [0.2, 0.25) is 5.91 Å². The van der Waals surface area contributed by atoms with E-state index in [-0.39, 0.29) is 25.0 Å². The van der Waals surface area contributed by atoms with Gasteiger partial charge in [-0.2, -0.15) is 13.2 Å². The molecule has 1 aromatic heterocycles. The fraction of sp³-hybridized carbons (Fsp3) is 0.261. The van der Waals surface area contributed by atoms with E-state index in [0.717, 1.165) is 29.9 Å². The molecule has 156 valence electrons. The molecule has 2 aromatic carbocycles. The normalized spacial score (nSPS) is 16.8. The molecule has 1 N–H and O–H groups in total. The summed E-state index contributed by atoms with van der Waals surface area (Å²) >= 11 is 0. The van der Waals surface area contributed by atoms with Crippen LogP contribution in [0, 0.1) is 0 Å². The first kappa shape index (κ1) is 20.2. The fourth-order valence-electron chi connectivity index (χ4n) is 3.92. The van der Waals surface area contributed by atoms with Gasteiger partial charge < -0.3 is 9.88 Å². The number of fused-ring (bicyclic) bond motifs is 1. The number of aromatic nitrogens is 1. The summed E-state index contributed by atoms with van der Waals surface area (Å²) < 4.78 is 40.8. The molecular weight excluding hydrogens is 391 g/mol. The monoisotopic (exact) mass is 413 g/mol. The van der Waals surface area contributed by atoms with Crippen LogP contribution in [0.5, 0.6) is 0 Å². The molecule has 0 spiro atoms. The molecule has 4 rings (SSSR count). The van der Waals surface area contributed by atoms with Gasteiger partial charge in [-0.15, -0.1) is 0 Å². The minimum Gasteiger partial charge on any atom is -0.351 e. The maximum atomic E-state index is 12.9. The first-order chi connectivity index (χ1) is 14.4. The number of hydrogen-bond acceptors (Lipinski definition) is 2. The highest BCUT2D eigenvalue weighted by Crippen LogP contribution is 2.32. The predicted molar refractivity (Wildman–Crippen MR) is 108 cm³/mol. The Morgan fingerprint density at radius 2 is 1.80 bits per heavy atom. The van der Waals surface area contributed by atoms with Gasteiger partial charge in [-0.25, -0.2) is 0 Å². The Balaban J connectivity index is 1.45. The van der Waals surface area contributed by atoms with Gasteiger partial charge >= 0.3 is 6.18 Å². The number of alkyl halides is 3. The summed E-state index contributed by atoms with van der Waals surface area (Å²) in [6.07, 6.45) is -2.36. The zero-order valence-corrected chi connectivity index (χ0v) is 16.3. The Hall–Kier alpha value is -3.06. The molecule has 2 heterocycles. The van der Waals surface area contributed by atoms with E-state index in [0.29, 0.717) is 12.1 Å². The lowest BCUT2D eigenvalue weighted by molar-refractivity contribution is -0.137. The quantitative estimate of drug-likeness (QED) is 0.680. The Morgan fingerprint density at radius 3 is 2.57 bits per heavy atom. The van der Waals surface area contributed by atoms with Crippen molar-refractivity contribution in [3.8, 4) is 0 Å². The third-order valence-electron chi connectivity index (χ3n) is 5.34. The zero-order valence-electron chi connectivity index (χ0n) is 16.3. The highest BCUT2D eigenvalue weighted by Gasteiger charge is 2.31. The van der Waals surface area contributed by atoms with Crippen LogP contribution in [0.1, 0.15) is 28.4 Å². The van der Waals surface area contributed by atoms with Gasteiger partial charge in [0.05, 0.1) is 18.2 Å². The average molecular weight is 413 g/mol. The zero-order chi connectivity index (χ0) is 21.1. The fourth-order valence-corrected chi connectivity index (χ4v) is 3.92. The molecule has 3 aromatic rings. The molecule has 0 aliphatic carbocycles. The second kappa shape index (κ2) is 8.36. The van der Waals surface area contributed by atoms with Gasteiger partial charge in [0.25, 0.3) is 0 Å². The first-order valence-electron chi connectivity index (χ1n) is 9.79. The summed E-state index contributed by atoms with van der Waals surface area (Å²) in [5, 5.41) is 2.76. The number of rotatable bonds is 5. The van der Waals surface area contributed by atoms with Crippen molar-refractivity contribution in [2.45, 2.75) is 25.3 Å². The molecule has 0 saturated carbocycles. The number of benzene rings is 2. The lowest BCUT2D eigenvalue weighted by atomic mass is 10.00. The highest BCUT2D eigenvalue weighted by molar-refractivity contribution is 5.78. The minimum atomic E-state index is -4.40. The van der Waals surface area contributed by atoms with Crippen molar-refractivity contribution in [2.24, 2.45) is 0 Å². The number of nitrogens with zero attached hydrogens (tertiary/aromatic N) is 2. The van der Waals surface area contributed by atoms with Crippen LogP contribution in [-0.4, -0.2) is 28.5 Å². The molecule has 7 heteroatoms. The maximum Gasteiger partial charge on any atom is 0.416 e. The number of carbonyl (C=O) groups excluding carboxylic acids is 1. The summed E-state index contributed by atoms with van der Waals surface area (Å²) in [4.78, 5) is 14.7. The lowest BCUT2D eigenvalue weighted by Crippen LogP contribution is -2.44. The van der Waals surface area contributed by atoms with Crippen molar-refractivity contribution >= 4 is 5.91 Å². The van der Waals surface area contributed by atoms with E-state index in [9.17, 15) is 18.0 Å². The van der Waals surface area contributed by atoms with Crippen LogP contribution < -0.4 is 5.32 Å². The largest absolute Gasteiger partial charge is 0.416 e. The third kappa shape index (κ3) is 4.41. The Bertz CT molecular complexity index is 1010. The number of hydrogen-bond donors (Lipinski definition) is 1. The number of nitrogens with one attached hydrogen (secondary N) is 1. The van der Waals surface area contributed by atoms with Crippen LogP contribution in [0.15, 0.2) is 72.9 Å². The molecule has 1 unspecified atom stereocenters. The smallest absolute Gasteiger partial charge is 0.351 e. The van der Waals surface area contributed by atoms with Crippen molar-refractivity contribution < 1.29 is 18.0 Å². The summed E-state index contributed by atoms with van der Waals surface area (Å²) in [6.45, 7) is 1.72. The molecular formula is C23H22F3N3O. The average Bonchev–Trinajstić information content (AvgIpc) is 3.21. The van der Waals surface area contributed by atoms with E-state index in [2.05, 4.69) is 20.9 Å². The van der Waals surface area contributed by atoms with Gasteiger partial charge in [0, 0.05) is 31.5 Å². The molecule has 30 heavy (non-hydrogen) atoms. The van der Waals surface area contributed by atoms with Gasteiger partial charge in [0.15, 0.2) is 0 Å². The molecule has 4 nitrogen and oxygen atoms in total. The highest BCUT2D eigenvalue weighted by atomic mass is 19.4. The number of carbonyl (C=O) groups is 1. The van der Waals surface area contributed by atoms with Gasteiger partial charge in [-0.1, -0.05) is 42.5 Å². The van der Waals surface area contributed by atoms with E-state index in [1.165, 1.54) is 6.07 Å². The van der Waals surface area contributed by atoms with E-state index in [4.69, 9.17) is 0 Å². The van der Waals surface area contributed by atoms with Crippen LogP contribution in [-0.2, 0) is 24.1 Å². The van der Waals surface area contributed by atoms with Crippen molar-refractivity contribution in [2.75, 3.05) is 13.1 Å². The van der Waals surface area contributed by atoms with Crippen LogP contribution in [0.4, 0.5) is 13.2 Å². The van der Waals surface area contributed by atoms with Crippen molar-refractivity contribution in [1.82, 2.24) is 14.8 Å². The molecule has 1 aliphatic rings. The van der Waals surface area contributed by atoms with Gasteiger partial charge in [-0.3, -0.25) is 9.69 Å². The second-order valence-electron chi connectivity index (χ2n) is 7.39. The van der Waals surface area contributed by atoms with E-state index in [1.54, 1.807) is 6.07 Å². The Morgan fingerprint density at radius 1 is 1.00 bits per heavy atom. The third-order valence-corrected chi connectivity index (χ3v) is 5.34. The van der Waals surface area contributed by atoms with Gasteiger partial charge in [0.1, 0.15) is 0 Å². The molecule has 1 amide bonds. The standard InChI is InChI=1S/C23H22F3N3O/c24-23(25,26)19-9-4-6-17(14-19)15-27-21(30)16-29-13-12-28-11-5-10-20(28)22(29)18-7-2-1-3-8-18/h1-11,14,22H,12-13,15-16H2,(H,27,30). The predicted octanol–water partition coefficient (Wildman–Crippen LogP) is 4.23. The molecule has 1 aliphatic heterocycles.